The van der Waals surface area contributed by atoms with Gasteiger partial charge in [-0.3, -0.25) is 9.69 Å². The second kappa shape index (κ2) is 9.34. The lowest BCUT2D eigenvalue weighted by atomic mass is 10.2. The van der Waals surface area contributed by atoms with Gasteiger partial charge in [-0.25, -0.2) is 9.37 Å². The van der Waals surface area contributed by atoms with E-state index in [0.717, 1.165) is 26.2 Å². The van der Waals surface area contributed by atoms with Crippen LogP contribution in [0.15, 0.2) is 34.9 Å². The van der Waals surface area contributed by atoms with Crippen molar-refractivity contribution in [2.24, 2.45) is 0 Å². The minimum absolute atomic E-state index is 0.134. The molecule has 2 aliphatic rings. The van der Waals surface area contributed by atoms with E-state index < -0.39 is 0 Å². The number of amides is 1. The highest BCUT2D eigenvalue weighted by Gasteiger charge is 2.22. The van der Waals surface area contributed by atoms with Gasteiger partial charge in [-0.15, -0.1) is 0 Å². The molecule has 0 aliphatic carbocycles. The molecular weight excluding hydrogens is 379 g/mol. The van der Waals surface area contributed by atoms with E-state index in [1.807, 2.05) is 11.0 Å². The minimum Gasteiger partial charge on any atom is -0.447 e. The average molecular weight is 404 g/mol. The third kappa shape index (κ3) is 5.11. The Morgan fingerprint density at radius 2 is 2.03 bits per heavy atom. The molecule has 1 amide bonds. The predicted octanol–water partition coefficient (Wildman–Crippen LogP) is 1.28. The number of hydrogen-bond donors (Lipinski definition) is 1. The van der Waals surface area contributed by atoms with Crippen LogP contribution in [0.25, 0.3) is 0 Å². The topological polar surface area (TPSA) is 80.1 Å². The summed E-state index contributed by atoms with van der Waals surface area (Å²) in [5, 5.41) is 2.79. The molecule has 1 N–H and O–H groups in total. The van der Waals surface area contributed by atoms with E-state index in [4.69, 9.17) is 13.9 Å². The van der Waals surface area contributed by atoms with Gasteiger partial charge in [-0.2, -0.15) is 0 Å². The monoisotopic (exact) mass is 404 g/mol. The van der Waals surface area contributed by atoms with Gasteiger partial charge in [-0.05, 0) is 12.1 Å². The first kappa shape index (κ1) is 19.8. The van der Waals surface area contributed by atoms with Crippen LogP contribution in [0.3, 0.4) is 0 Å². The number of hydrogen-bond acceptors (Lipinski definition) is 7. The zero-order chi connectivity index (χ0) is 20.1. The first-order chi connectivity index (χ1) is 14.2. The lowest BCUT2D eigenvalue weighted by Gasteiger charge is -2.35. The molecule has 8 nitrogen and oxygen atoms in total. The number of carbonyl (C=O) groups is 1. The van der Waals surface area contributed by atoms with Gasteiger partial charge in [0.2, 0.25) is 5.89 Å². The molecule has 1 atom stereocenters. The second-order valence-electron chi connectivity index (χ2n) is 7.12. The summed E-state index contributed by atoms with van der Waals surface area (Å²) in [6, 6.07) is 6.82. The summed E-state index contributed by atoms with van der Waals surface area (Å²) < 4.78 is 30.2. The number of rotatable bonds is 6. The summed E-state index contributed by atoms with van der Waals surface area (Å²) in [6.07, 6.45) is 1.24. The second-order valence-corrected chi connectivity index (χ2v) is 7.12. The number of oxazole rings is 1. The van der Waals surface area contributed by atoms with Crippen molar-refractivity contribution >= 4 is 11.6 Å². The van der Waals surface area contributed by atoms with Crippen LogP contribution < -0.4 is 10.2 Å². The van der Waals surface area contributed by atoms with E-state index in [1.165, 1.54) is 12.3 Å². The summed E-state index contributed by atoms with van der Waals surface area (Å²) in [7, 11) is 0. The fourth-order valence-electron chi connectivity index (χ4n) is 3.49. The highest BCUT2D eigenvalue weighted by Crippen LogP contribution is 2.20. The summed E-state index contributed by atoms with van der Waals surface area (Å²) in [4.78, 5) is 20.7. The predicted molar refractivity (Wildman–Crippen MR) is 103 cm³/mol. The highest BCUT2D eigenvalue weighted by molar-refractivity contribution is 5.91. The van der Waals surface area contributed by atoms with Crippen LogP contribution in [0.4, 0.5) is 10.1 Å². The van der Waals surface area contributed by atoms with E-state index in [0.29, 0.717) is 44.5 Å². The molecule has 0 radical (unpaired) electrons. The van der Waals surface area contributed by atoms with Crippen LogP contribution in [0.1, 0.15) is 16.4 Å². The quantitative estimate of drug-likeness (QED) is 0.777. The first-order valence-corrected chi connectivity index (χ1v) is 9.83. The SMILES string of the molecule is O=C(NC[C@@H]1COCCO1)c1coc(CN2CCN(c3ccccc3F)CC2)n1. The Balaban J connectivity index is 1.24. The number of nitrogens with zero attached hydrogens (tertiary/aromatic N) is 3. The van der Waals surface area contributed by atoms with Crippen molar-refractivity contribution in [2.45, 2.75) is 12.6 Å². The van der Waals surface area contributed by atoms with Crippen LogP contribution >= 0.6 is 0 Å². The number of para-hydroxylation sites is 1. The van der Waals surface area contributed by atoms with Gasteiger partial charge in [0.1, 0.15) is 12.1 Å². The number of piperazine rings is 1. The molecule has 0 saturated carbocycles. The maximum atomic E-state index is 13.9. The fourth-order valence-corrected chi connectivity index (χ4v) is 3.49. The average Bonchev–Trinajstić information content (AvgIpc) is 3.22. The molecule has 1 aromatic carbocycles. The van der Waals surface area contributed by atoms with Gasteiger partial charge in [0, 0.05) is 32.7 Å². The Kier molecular flexibility index (Phi) is 6.38. The highest BCUT2D eigenvalue weighted by atomic mass is 19.1. The van der Waals surface area contributed by atoms with Crippen molar-refractivity contribution in [3.05, 3.63) is 47.9 Å². The third-order valence-corrected chi connectivity index (χ3v) is 5.08. The van der Waals surface area contributed by atoms with Crippen molar-refractivity contribution in [1.82, 2.24) is 15.2 Å². The first-order valence-electron chi connectivity index (χ1n) is 9.83. The molecule has 9 heteroatoms. The van der Waals surface area contributed by atoms with E-state index in [1.54, 1.807) is 12.1 Å². The summed E-state index contributed by atoms with van der Waals surface area (Å²) in [6.45, 7) is 5.45. The van der Waals surface area contributed by atoms with E-state index >= 15 is 0 Å². The molecule has 0 spiro atoms. The number of carbonyl (C=O) groups excluding carboxylic acids is 1. The van der Waals surface area contributed by atoms with Crippen LogP contribution in [0, 0.1) is 5.82 Å². The number of benzene rings is 1. The molecule has 0 unspecified atom stereocenters. The Morgan fingerprint density at radius 1 is 1.21 bits per heavy atom. The summed E-state index contributed by atoms with van der Waals surface area (Å²) in [5.41, 5.74) is 0.885. The molecule has 2 fully saturated rings. The van der Waals surface area contributed by atoms with Gasteiger partial charge in [-0.1, -0.05) is 12.1 Å². The number of halogens is 1. The lowest BCUT2D eigenvalue weighted by molar-refractivity contribution is -0.0855. The van der Waals surface area contributed by atoms with Gasteiger partial charge in [0.05, 0.1) is 38.2 Å². The van der Waals surface area contributed by atoms with Crippen LogP contribution in [0.5, 0.6) is 0 Å². The Bertz CT molecular complexity index is 816. The normalized spacial score (nSPS) is 20.6. The molecule has 2 saturated heterocycles. The van der Waals surface area contributed by atoms with Crippen LogP contribution in [-0.4, -0.2) is 74.4 Å². The summed E-state index contributed by atoms with van der Waals surface area (Å²) in [5.74, 6) is -0.000202. The standard InChI is InChI=1S/C20H25FN4O4/c21-16-3-1-2-4-18(16)25-7-5-24(6-8-25)12-19-23-17(14-29-19)20(26)22-11-15-13-27-9-10-28-15/h1-4,14-15H,5-13H2,(H,22,26)/t15-/m1/s1. The van der Waals surface area contributed by atoms with E-state index in [2.05, 4.69) is 15.2 Å². The number of nitrogens with one attached hydrogen (secondary N) is 1. The molecule has 0 bridgehead atoms. The molecule has 29 heavy (non-hydrogen) atoms. The van der Waals surface area contributed by atoms with Crippen LogP contribution in [-0.2, 0) is 16.0 Å². The number of aromatic nitrogens is 1. The van der Waals surface area contributed by atoms with Crippen LogP contribution in [0.2, 0.25) is 0 Å². The molecule has 1 aromatic heterocycles. The van der Waals surface area contributed by atoms with Crippen molar-refractivity contribution in [2.75, 3.05) is 57.4 Å². The van der Waals surface area contributed by atoms with Gasteiger partial charge >= 0.3 is 0 Å². The molecule has 156 valence electrons. The van der Waals surface area contributed by atoms with Crippen molar-refractivity contribution in [1.29, 1.82) is 0 Å². The largest absolute Gasteiger partial charge is 0.447 e. The summed E-state index contributed by atoms with van der Waals surface area (Å²) >= 11 is 0. The van der Waals surface area contributed by atoms with Crippen molar-refractivity contribution in [3.63, 3.8) is 0 Å². The Hall–Kier alpha value is -2.49. The van der Waals surface area contributed by atoms with E-state index in [9.17, 15) is 9.18 Å². The molecule has 2 aromatic rings. The lowest BCUT2D eigenvalue weighted by Crippen LogP contribution is -2.46. The molecule has 3 heterocycles. The van der Waals surface area contributed by atoms with Crippen molar-refractivity contribution in [3.8, 4) is 0 Å². The maximum Gasteiger partial charge on any atom is 0.273 e. The van der Waals surface area contributed by atoms with Gasteiger partial charge < -0.3 is 24.1 Å². The smallest absolute Gasteiger partial charge is 0.273 e. The fraction of sp³-hybridized carbons (Fsp3) is 0.500. The maximum absolute atomic E-state index is 13.9. The van der Waals surface area contributed by atoms with Crippen molar-refractivity contribution < 1.29 is 23.1 Å². The van der Waals surface area contributed by atoms with Gasteiger partial charge in [0.25, 0.3) is 5.91 Å². The zero-order valence-corrected chi connectivity index (χ0v) is 16.2. The number of anilines is 1. The molecule has 4 rings (SSSR count). The zero-order valence-electron chi connectivity index (χ0n) is 16.2. The Morgan fingerprint density at radius 3 is 2.79 bits per heavy atom. The number of ether oxygens (including phenoxy) is 2. The third-order valence-electron chi connectivity index (χ3n) is 5.08. The molecule has 2 aliphatic heterocycles. The minimum atomic E-state index is -0.293. The molecular formula is C20H25FN4O4. The Labute approximate surface area is 168 Å². The van der Waals surface area contributed by atoms with E-state index in [-0.39, 0.29) is 23.5 Å². The van der Waals surface area contributed by atoms with Gasteiger partial charge in [0.15, 0.2) is 5.69 Å².